The van der Waals surface area contributed by atoms with Crippen LogP contribution in [0.15, 0.2) is 18.2 Å². The summed E-state index contributed by atoms with van der Waals surface area (Å²) in [5.41, 5.74) is 0.644. The maximum Gasteiger partial charge on any atom is 0.129 e. The minimum atomic E-state index is -0.255. The Balaban J connectivity index is 2.42. The van der Waals surface area contributed by atoms with Crippen molar-refractivity contribution < 1.29 is 4.39 Å². The molecule has 0 aromatic heterocycles. The van der Waals surface area contributed by atoms with E-state index in [9.17, 15) is 4.39 Å². The molecule has 1 rings (SSSR count). The molecule has 0 amide bonds. The third-order valence-electron chi connectivity index (χ3n) is 1.88. The highest BCUT2D eigenvalue weighted by molar-refractivity contribution is 6.30. The van der Waals surface area contributed by atoms with E-state index in [-0.39, 0.29) is 5.82 Å². The molecule has 1 aromatic carbocycles. The Bertz CT molecular complexity index is 291. The van der Waals surface area contributed by atoms with Crippen LogP contribution in [-0.4, -0.2) is 20.1 Å². The van der Waals surface area contributed by atoms with Gasteiger partial charge in [-0.25, -0.2) is 4.39 Å². The average Bonchev–Trinajstić information content (AvgIpc) is 2.15. The van der Waals surface area contributed by atoms with Crippen molar-refractivity contribution in [1.29, 1.82) is 0 Å². The Morgan fingerprint density at radius 2 is 2.14 bits per heavy atom. The normalized spacial score (nSPS) is 10.5. The molecule has 0 fully saturated rings. The summed E-state index contributed by atoms with van der Waals surface area (Å²) in [4.78, 5) is 0. The van der Waals surface area contributed by atoms with Crippen molar-refractivity contribution in [2.75, 3.05) is 20.1 Å². The van der Waals surface area contributed by atoms with E-state index in [1.54, 1.807) is 12.1 Å². The predicted octanol–water partition coefficient (Wildman–Crippen LogP) is 1.79. The molecule has 14 heavy (non-hydrogen) atoms. The number of nitrogens with one attached hydrogen (secondary N) is 2. The van der Waals surface area contributed by atoms with Crippen molar-refractivity contribution in [2.45, 2.75) is 6.54 Å². The Morgan fingerprint density at radius 1 is 1.36 bits per heavy atom. The summed E-state index contributed by atoms with van der Waals surface area (Å²) in [7, 11) is 1.88. The third kappa shape index (κ3) is 3.62. The molecule has 0 unspecified atom stereocenters. The lowest BCUT2D eigenvalue weighted by molar-refractivity contribution is 0.583. The molecule has 0 radical (unpaired) electrons. The topological polar surface area (TPSA) is 24.1 Å². The SMILES string of the molecule is CNCCNCc1ccc(Cl)cc1F. The number of halogens is 2. The second-order valence-corrected chi connectivity index (χ2v) is 3.45. The molecule has 4 heteroatoms. The first kappa shape index (κ1) is 11.4. The lowest BCUT2D eigenvalue weighted by Crippen LogP contribution is -2.24. The van der Waals surface area contributed by atoms with Crippen molar-refractivity contribution in [3.63, 3.8) is 0 Å². The number of rotatable bonds is 5. The van der Waals surface area contributed by atoms with Gasteiger partial charge in [0.05, 0.1) is 0 Å². The molecule has 0 bridgehead atoms. The monoisotopic (exact) mass is 216 g/mol. The Kier molecular flexibility index (Phi) is 4.87. The van der Waals surface area contributed by atoms with Gasteiger partial charge in [0, 0.05) is 30.2 Å². The van der Waals surface area contributed by atoms with Crippen LogP contribution in [0.2, 0.25) is 5.02 Å². The van der Waals surface area contributed by atoms with Gasteiger partial charge in [-0.05, 0) is 19.2 Å². The van der Waals surface area contributed by atoms with Gasteiger partial charge < -0.3 is 10.6 Å². The number of hydrogen-bond donors (Lipinski definition) is 2. The fourth-order valence-corrected chi connectivity index (χ4v) is 1.26. The molecule has 0 aliphatic heterocycles. The molecule has 0 atom stereocenters. The molecule has 0 aliphatic rings. The Hall–Kier alpha value is -0.640. The maximum atomic E-state index is 13.2. The largest absolute Gasteiger partial charge is 0.318 e. The first-order chi connectivity index (χ1) is 6.74. The fourth-order valence-electron chi connectivity index (χ4n) is 1.10. The molecular weight excluding hydrogens is 203 g/mol. The van der Waals surface area contributed by atoms with Crippen molar-refractivity contribution in [3.8, 4) is 0 Å². The van der Waals surface area contributed by atoms with Gasteiger partial charge in [0.1, 0.15) is 5.82 Å². The van der Waals surface area contributed by atoms with E-state index in [4.69, 9.17) is 11.6 Å². The van der Waals surface area contributed by atoms with Crippen LogP contribution < -0.4 is 10.6 Å². The van der Waals surface area contributed by atoms with Gasteiger partial charge in [0.15, 0.2) is 0 Å². The van der Waals surface area contributed by atoms with Crippen LogP contribution in [0.25, 0.3) is 0 Å². The summed E-state index contributed by atoms with van der Waals surface area (Å²) in [6, 6.07) is 4.72. The lowest BCUT2D eigenvalue weighted by atomic mass is 10.2. The van der Waals surface area contributed by atoms with Gasteiger partial charge >= 0.3 is 0 Å². The van der Waals surface area contributed by atoms with Crippen LogP contribution in [0, 0.1) is 5.82 Å². The molecule has 0 saturated carbocycles. The summed E-state index contributed by atoms with van der Waals surface area (Å²) in [5.74, 6) is -0.255. The number of hydrogen-bond acceptors (Lipinski definition) is 2. The predicted molar refractivity (Wildman–Crippen MR) is 57.0 cm³/mol. The first-order valence-corrected chi connectivity index (χ1v) is 4.91. The van der Waals surface area contributed by atoms with E-state index in [1.165, 1.54) is 6.07 Å². The fraction of sp³-hybridized carbons (Fsp3) is 0.400. The molecular formula is C10H14ClFN2. The molecule has 78 valence electrons. The highest BCUT2D eigenvalue weighted by Gasteiger charge is 2.01. The molecule has 0 spiro atoms. The molecule has 0 heterocycles. The maximum absolute atomic E-state index is 13.2. The summed E-state index contributed by atoms with van der Waals surface area (Å²) in [6.45, 7) is 2.22. The van der Waals surface area contributed by atoms with Crippen molar-refractivity contribution in [2.24, 2.45) is 0 Å². The second kappa shape index (κ2) is 5.96. The first-order valence-electron chi connectivity index (χ1n) is 4.53. The third-order valence-corrected chi connectivity index (χ3v) is 2.12. The van der Waals surface area contributed by atoms with Crippen molar-refractivity contribution >= 4 is 11.6 Å². The van der Waals surface area contributed by atoms with E-state index in [1.807, 2.05) is 7.05 Å². The van der Waals surface area contributed by atoms with E-state index in [0.29, 0.717) is 17.1 Å². The average molecular weight is 217 g/mol. The van der Waals surface area contributed by atoms with Crippen LogP contribution in [0.1, 0.15) is 5.56 Å². The van der Waals surface area contributed by atoms with Gasteiger partial charge in [0.25, 0.3) is 0 Å². The highest BCUT2D eigenvalue weighted by Crippen LogP contribution is 2.14. The summed E-state index contributed by atoms with van der Waals surface area (Å²) < 4.78 is 13.2. The number of benzene rings is 1. The van der Waals surface area contributed by atoms with Gasteiger partial charge in [-0.1, -0.05) is 17.7 Å². The summed E-state index contributed by atoms with van der Waals surface area (Å²) in [5, 5.41) is 6.55. The zero-order valence-corrected chi connectivity index (χ0v) is 8.87. The zero-order valence-electron chi connectivity index (χ0n) is 8.11. The van der Waals surface area contributed by atoms with Crippen LogP contribution in [0.3, 0.4) is 0 Å². The van der Waals surface area contributed by atoms with E-state index >= 15 is 0 Å². The quantitative estimate of drug-likeness (QED) is 0.734. The number of likely N-dealkylation sites (N-methyl/N-ethyl adjacent to an activating group) is 1. The van der Waals surface area contributed by atoms with Gasteiger partial charge in [-0.2, -0.15) is 0 Å². The van der Waals surface area contributed by atoms with Crippen molar-refractivity contribution in [1.82, 2.24) is 10.6 Å². The van der Waals surface area contributed by atoms with E-state index < -0.39 is 0 Å². The lowest BCUT2D eigenvalue weighted by Gasteiger charge is -2.05. The Labute approximate surface area is 88.5 Å². The zero-order chi connectivity index (χ0) is 10.4. The van der Waals surface area contributed by atoms with Gasteiger partial charge in [0.2, 0.25) is 0 Å². The van der Waals surface area contributed by atoms with E-state index in [2.05, 4.69) is 10.6 Å². The molecule has 0 saturated heterocycles. The van der Waals surface area contributed by atoms with Crippen LogP contribution >= 0.6 is 11.6 Å². The molecule has 2 N–H and O–H groups in total. The molecule has 0 aliphatic carbocycles. The minimum absolute atomic E-state index is 0.255. The van der Waals surface area contributed by atoms with Crippen LogP contribution in [0.4, 0.5) is 4.39 Å². The standard InChI is InChI=1S/C10H14ClFN2/c1-13-4-5-14-7-8-2-3-9(11)6-10(8)12/h2-3,6,13-14H,4-5,7H2,1H3. The molecule has 2 nitrogen and oxygen atoms in total. The van der Waals surface area contributed by atoms with Crippen molar-refractivity contribution in [3.05, 3.63) is 34.6 Å². The summed E-state index contributed by atoms with van der Waals surface area (Å²) in [6.07, 6.45) is 0. The highest BCUT2D eigenvalue weighted by atomic mass is 35.5. The van der Waals surface area contributed by atoms with Crippen LogP contribution in [0.5, 0.6) is 0 Å². The van der Waals surface area contributed by atoms with Gasteiger partial charge in [-0.15, -0.1) is 0 Å². The van der Waals surface area contributed by atoms with E-state index in [0.717, 1.165) is 13.1 Å². The molecule has 1 aromatic rings. The minimum Gasteiger partial charge on any atom is -0.318 e. The smallest absolute Gasteiger partial charge is 0.129 e. The van der Waals surface area contributed by atoms with Gasteiger partial charge in [-0.3, -0.25) is 0 Å². The van der Waals surface area contributed by atoms with Crippen LogP contribution in [-0.2, 0) is 6.54 Å². The second-order valence-electron chi connectivity index (χ2n) is 3.02. The Morgan fingerprint density at radius 3 is 2.79 bits per heavy atom. The summed E-state index contributed by atoms with van der Waals surface area (Å²) >= 11 is 5.63.